The molecule has 0 unspecified atom stereocenters. The third-order valence-corrected chi connectivity index (χ3v) is 5.76. The zero-order chi connectivity index (χ0) is 22.4. The quantitative estimate of drug-likeness (QED) is 0.673. The van der Waals surface area contributed by atoms with Gasteiger partial charge in [-0.15, -0.1) is 0 Å². The van der Waals surface area contributed by atoms with Gasteiger partial charge >= 0.3 is 5.97 Å². The van der Waals surface area contributed by atoms with Gasteiger partial charge in [0.25, 0.3) is 0 Å². The van der Waals surface area contributed by atoms with Crippen LogP contribution in [-0.2, 0) is 14.3 Å². The summed E-state index contributed by atoms with van der Waals surface area (Å²) in [6.45, 7) is 1.93. The molecular weight excluding hydrogens is 414 g/mol. The third kappa shape index (κ3) is 5.53. The van der Waals surface area contributed by atoms with Crippen molar-refractivity contribution in [2.45, 2.75) is 19.3 Å². The van der Waals surface area contributed by atoms with Crippen LogP contribution in [0.1, 0.15) is 33.8 Å². The van der Waals surface area contributed by atoms with Crippen LogP contribution < -0.4 is 10.6 Å². The average molecular weight is 436 g/mol. The highest BCUT2D eigenvalue weighted by Gasteiger charge is 2.30. The number of thioether (sulfide) groups is 1. The van der Waals surface area contributed by atoms with Gasteiger partial charge in [-0.3, -0.25) is 9.59 Å². The molecule has 158 valence electrons. The first-order chi connectivity index (χ1) is 14.9. The molecule has 2 aromatic carbocycles. The van der Waals surface area contributed by atoms with E-state index < -0.39 is 11.9 Å². The maximum Gasteiger partial charge on any atom is 0.337 e. The molecule has 2 aromatic rings. The smallest absolute Gasteiger partial charge is 0.337 e. The number of nitriles is 1. The molecule has 0 bridgehead atoms. The molecule has 2 N–H and O–H groups in total. The van der Waals surface area contributed by atoms with Crippen molar-refractivity contribution >= 4 is 35.2 Å². The predicted octanol–water partition coefficient (Wildman–Crippen LogP) is 3.49. The molecule has 0 aliphatic carbocycles. The molecule has 1 atom stereocenters. The lowest BCUT2D eigenvalue weighted by Crippen LogP contribution is -2.31. The number of carbonyl (C=O) groups is 3. The molecule has 0 aromatic heterocycles. The van der Waals surface area contributed by atoms with Crippen molar-refractivity contribution < 1.29 is 19.1 Å². The Bertz CT molecular complexity index is 1090. The van der Waals surface area contributed by atoms with E-state index in [1.807, 2.05) is 25.1 Å². The zero-order valence-corrected chi connectivity index (χ0v) is 17.9. The standard InChI is InChI=1S/C23H21N3O4S/c1-14-4-3-5-17(10-14)25-21(28)13-31-22-19(12-24)18(11-20(27)26-22)15-6-8-16(9-7-15)23(29)30-2/h3-10,18H,11,13H2,1-2H3,(H,25,28)(H,26,27)/t18-/m1/s1. The largest absolute Gasteiger partial charge is 0.465 e. The molecule has 0 saturated heterocycles. The fourth-order valence-corrected chi connectivity index (χ4v) is 4.12. The van der Waals surface area contributed by atoms with Crippen LogP contribution >= 0.6 is 11.8 Å². The first kappa shape index (κ1) is 22.1. The van der Waals surface area contributed by atoms with Gasteiger partial charge in [-0.05, 0) is 42.3 Å². The average Bonchev–Trinajstić information content (AvgIpc) is 2.77. The third-order valence-electron chi connectivity index (χ3n) is 4.74. The lowest BCUT2D eigenvalue weighted by atomic mass is 9.87. The van der Waals surface area contributed by atoms with Gasteiger partial charge in [0.15, 0.2) is 0 Å². The molecule has 1 heterocycles. The van der Waals surface area contributed by atoms with Crippen LogP contribution in [0, 0.1) is 18.3 Å². The Kier molecular flexibility index (Phi) is 7.11. The lowest BCUT2D eigenvalue weighted by molar-refractivity contribution is -0.121. The summed E-state index contributed by atoms with van der Waals surface area (Å²) in [4.78, 5) is 36.2. The number of anilines is 1. The molecule has 0 spiro atoms. The van der Waals surface area contributed by atoms with E-state index in [2.05, 4.69) is 16.7 Å². The van der Waals surface area contributed by atoms with Gasteiger partial charge in [0.2, 0.25) is 11.8 Å². The fraction of sp³-hybridized carbons (Fsp3) is 0.217. The van der Waals surface area contributed by atoms with Crippen LogP contribution in [0.3, 0.4) is 0 Å². The van der Waals surface area contributed by atoms with Gasteiger partial charge in [-0.2, -0.15) is 5.26 Å². The Balaban J connectivity index is 1.75. The first-order valence-corrected chi connectivity index (χ1v) is 10.5. The van der Waals surface area contributed by atoms with Crippen LogP contribution in [0.2, 0.25) is 0 Å². The van der Waals surface area contributed by atoms with E-state index in [0.717, 1.165) is 22.9 Å². The van der Waals surface area contributed by atoms with Crippen LogP contribution in [0.25, 0.3) is 0 Å². The van der Waals surface area contributed by atoms with Crippen molar-refractivity contribution in [3.05, 3.63) is 75.8 Å². The van der Waals surface area contributed by atoms with E-state index in [1.165, 1.54) is 7.11 Å². The number of amides is 2. The highest BCUT2D eigenvalue weighted by atomic mass is 32.2. The Labute approximate surface area is 184 Å². The van der Waals surface area contributed by atoms with Gasteiger partial charge in [0, 0.05) is 18.0 Å². The van der Waals surface area contributed by atoms with Crippen LogP contribution in [0.15, 0.2) is 59.1 Å². The van der Waals surface area contributed by atoms with E-state index in [0.29, 0.717) is 21.9 Å². The van der Waals surface area contributed by atoms with E-state index in [1.54, 1.807) is 30.3 Å². The Hall–Kier alpha value is -3.57. The number of hydrogen-bond acceptors (Lipinski definition) is 6. The van der Waals surface area contributed by atoms with E-state index >= 15 is 0 Å². The summed E-state index contributed by atoms with van der Waals surface area (Å²) in [6.07, 6.45) is 0.111. The summed E-state index contributed by atoms with van der Waals surface area (Å²) in [5, 5.41) is 15.6. The Morgan fingerprint density at radius 2 is 2.00 bits per heavy atom. The summed E-state index contributed by atoms with van der Waals surface area (Å²) >= 11 is 1.11. The number of methoxy groups -OCH3 is 1. The molecule has 1 aliphatic rings. The normalized spacial score (nSPS) is 15.6. The predicted molar refractivity (Wildman–Crippen MR) is 118 cm³/mol. The summed E-state index contributed by atoms with van der Waals surface area (Å²) in [5.74, 6) is -1.34. The minimum Gasteiger partial charge on any atom is -0.465 e. The van der Waals surface area contributed by atoms with Crippen LogP contribution in [-0.4, -0.2) is 30.6 Å². The number of nitrogens with one attached hydrogen (secondary N) is 2. The molecular formula is C23H21N3O4S. The molecule has 1 aliphatic heterocycles. The highest BCUT2D eigenvalue weighted by molar-refractivity contribution is 8.03. The van der Waals surface area contributed by atoms with E-state index in [9.17, 15) is 19.6 Å². The number of nitrogens with zero attached hydrogens (tertiary/aromatic N) is 1. The number of benzene rings is 2. The summed E-state index contributed by atoms with van der Waals surface area (Å²) < 4.78 is 4.70. The van der Waals surface area contributed by atoms with Crippen LogP contribution in [0.4, 0.5) is 5.69 Å². The fourth-order valence-electron chi connectivity index (χ4n) is 3.24. The van der Waals surface area contributed by atoms with Gasteiger partial charge < -0.3 is 15.4 Å². The van der Waals surface area contributed by atoms with Crippen molar-refractivity contribution in [3.63, 3.8) is 0 Å². The number of aryl methyl sites for hydroxylation is 1. The Morgan fingerprint density at radius 1 is 1.26 bits per heavy atom. The molecule has 2 amide bonds. The topological polar surface area (TPSA) is 108 Å². The maximum absolute atomic E-state index is 12.3. The second-order valence-corrected chi connectivity index (χ2v) is 7.97. The molecule has 8 heteroatoms. The second-order valence-electron chi connectivity index (χ2n) is 6.98. The van der Waals surface area contributed by atoms with Crippen molar-refractivity contribution in [1.29, 1.82) is 5.26 Å². The number of ether oxygens (including phenoxy) is 1. The van der Waals surface area contributed by atoms with Gasteiger partial charge in [0.05, 0.1) is 35.1 Å². The van der Waals surface area contributed by atoms with Crippen molar-refractivity contribution in [2.75, 3.05) is 18.2 Å². The van der Waals surface area contributed by atoms with Crippen molar-refractivity contribution in [2.24, 2.45) is 0 Å². The van der Waals surface area contributed by atoms with Gasteiger partial charge in [-0.1, -0.05) is 36.0 Å². The number of rotatable bonds is 6. The minimum atomic E-state index is -0.458. The number of carbonyl (C=O) groups excluding carboxylic acids is 3. The summed E-state index contributed by atoms with van der Waals surface area (Å²) in [6, 6.07) is 16.2. The monoisotopic (exact) mass is 435 g/mol. The molecule has 0 radical (unpaired) electrons. The molecule has 0 saturated carbocycles. The van der Waals surface area contributed by atoms with Crippen LogP contribution in [0.5, 0.6) is 0 Å². The van der Waals surface area contributed by atoms with Crippen molar-refractivity contribution in [1.82, 2.24) is 5.32 Å². The first-order valence-electron chi connectivity index (χ1n) is 9.53. The zero-order valence-electron chi connectivity index (χ0n) is 17.1. The number of allylic oxidation sites excluding steroid dienone is 1. The summed E-state index contributed by atoms with van der Waals surface area (Å²) in [5.41, 5.74) is 3.23. The minimum absolute atomic E-state index is 0.0444. The molecule has 0 fully saturated rings. The lowest BCUT2D eigenvalue weighted by Gasteiger charge is -2.25. The van der Waals surface area contributed by atoms with E-state index in [-0.39, 0.29) is 24.0 Å². The van der Waals surface area contributed by atoms with Crippen molar-refractivity contribution in [3.8, 4) is 6.07 Å². The van der Waals surface area contributed by atoms with Gasteiger partial charge in [-0.25, -0.2) is 4.79 Å². The number of esters is 1. The maximum atomic E-state index is 12.3. The van der Waals surface area contributed by atoms with Gasteiger partial charge in [0.1, 0.15) is 0 Å². The summed E-state index contributed by atoms with van der Waals surface area (Å²) in [7, 11) is 1.30. The number of hydrogen-bond donors (Lipinski definition) is 2. The SMILES string of the molecule is COC(=O)c1ccc([C@H]2CC(=O)NC(SCC(=O)Nc3cccc(C)c3)=C2C#N)cc1. The molecule has 31 heavy (non-hydrogen) atoms. The second kappa shape index (κ2) is 9.96. The van der Waals surface area contributed by atoms with E-state index in [4.69, 9.17) is 4.74 Å². The molecule has 7 nitrogen and oxygen atoms in total. The Morgan fingerprint density at radius 3 is 2.65 bits per heavy atom. The molecule has 3 rings (SSSR count). The highest BCUT2D eigenvalue weighted by Crippen LogP contribution is 2.36.